The summed E-state index contributed by atoms with van der Waals surface area (Å²) in [4.78, 5) is 26.1. The highest BCUT2D eigenvalue weighted by Crippen LogP contribution is 2.25. The molecule has 0 radical (unpaired) electrons. The van der Waals surface area contributed by atoms with Crippen LogP contribution in [0.5, 0.6) is 0 Å². The zero-order valence-electron chi connectivity index (χ0n) is 13.3. The van der Waals surface area contributed by atoms with Gasteiger partial charge in [-0.05, 0) is 24.6 Å². The molecule has 1 unspecified atom stereocenters. The summed E-state index contributed by atoms with van der Waals surface area (Å²) in [7, 11) is 1.65. The minimum Gasteiger partial charge on any atom is -0.449 e. The number of halogens is 2. The molecule has 0 saturated heterocycles. The van der Waals surface area contributed by atoms with Gasteiger partial charge in [0.15, 0.2) is 6.10 Å². The van der Waals surface area contributed by atoms with Gasteiger partial charge in [-0.2, -0.15) is 0 Å². The van der Waals surface area contributed by atoms with Crippen LogP contribution in [0.25, 0.3) is 0 Å². The van der Waals surface area contributed by atoms with E-state index in [0.29, 0.717) is 6.54 Å². The zero-order valence-corrected chi connectivity index (χ0v) is 14.8. The maximum atomic E-state index is 12.4. The van der Waals surface area contributed by atoms with Crippen molar-refractivity contribution in [2.45, 2.75) is 19.6 Å². The lowest BCUT2D eigenvalue weighted by atomic mass is 10.2. The van der Waals surface area contributed by atoms with Gasteiger partial charge in [-0.25, -0.2) is 4.79 Å². The summed E-state index contributed by atoms with van der Waals surface area (Å²) in [5.74, 6) is -1.03. The zero-order chi connectivity index (χ0) is 17.7. The number of rotatable bonds is 5. The first kappa shape index (κ1) is 18.3. The van der Waals surface area contributed by atoms with Crippen molar-refractivity contribution in [3.63, 3.8) is 0 Å². The summed E-state index contributed by atoms with van der Waals surface area (Å²) < 4.78 is 5.22. The minimum atomic E-state index is -0.946. The third-order valence-corrected chi connectivity index (χ3v) is 4.07. The molecule has 4 nitrogen and oxygen atoms in total. The van der Waals surface area contributed by atoms with Crippen LogP contribution in [-0.4, -0.2) is 29.9 Å². The highest BCUT2D eigenvalue weighted by Gasteiger charge is 2.24. The van der Waals surface area contributed by atoms with Gasteiger partial charge in [0.05, 0.1) is 15.6 Å². The van der Waals surface area contributed by atoms with Crippen LogP contribution in [0.2, 0.25) is 10.0 Å². The van der Waals surface area contributed by atoms with Crippen molar-refractivity contribution >= 4 is 35.1 Å². The number of esters is 1. The van der Waals surface area contributed by atoms with E-state index >= 15 is 0 Å². The third kappa shape index (κ3) is 4.49. The number of carbonyl (C=O) groups excluding carboxylic acids is 2. The Labute approximate surface area is 150 Å². The fourth-order valence-electron chi connectivity index (χ4n) is 2.21. The van der Waals surface area contributed by atoms with Crippen LogP contribution < -0.4 is 0 Å². The SMILES string of the molecule is CC(OC(=O)c1c(Cl)cccc1Cl)C(=O)N(C)Cc1ccccc1. The van der Waals surface area contributed by atoms with Crippen molar-refractivity contribution in [1.29, 1.82) is 0 Å². The Bertz CT molecular complexity index is 714. The first-order valence-corrected chi connectivity index (χ1v) is 8.09. The summed E-state index contributed by atoms with van der Waals surface area (Å²) in [6.45, 7) is 1.95. The van der Waals surface area contributed by atoms with Crippen molar-refractivity contribution in [3.05, 3.63) is 69.7 Å². The number of hydrogen-bond acceptors (Lipinski definition) is 3. The normalized spacial score (nSPS) is 11.7. The van der Waals surface area contributed by atoms with Gasteiger partial charge >= 0.3 is 5.97 Å². The quantitative estimate of drug-likeness (QED) is 0.746. The second-order valence-electron chi connectivity index (χ2n) is 5.32. The van der Waals surface area contributed by atoms with Crippen LogP contribution in [0.15, 0.2) is 48.5 Å². The molecule has 0 spiro atoms. The van der Waals surface area contributed by atoms with Crippen LogP contribution in [-0.2, 0) is 16.1 Å². The topological polar surface area (TPSA) is 46.6 Å². The van der Waals surface area contributed by atoms with E-state index in [1.54, 1.807) is 13.1 Å². The van der Waals surface area contributed by atoms with E-state index in [9.17, 15) is 9.59 Å². The largest absolute Gasteiger partial charge is 0.449 e. The van der Waals surface area contributed by atoms with Gasteiger partial charge in [0.25, 0.3) is 5.91 Å². The molecule has 0 N–H and O–H groups in total. The third-order valence-electron chi connectivity index (χ3n) is 3.44. The molecule has 0 bridgehead atoms. The van der Waals surface area contributed by atoms with Gasteiger partial charge in [-0.1, -0.05) is 59.6 Å². The van der Waals surface area contributed by atoms with Crippen LogP contribution >= 0.6 is 23.2 Å². The molecule has 6 heteroatoms. The first-order chi connectivity index (χ1) is 11.4. The Kier molecular flexibility index (Phi) is 6.23. The highest BCUT2D eigenvalue weighted by molar-refractivity contribution is 6.39. The maximum Gasteiger partial charge on any atom is 0.341 e. The van der Waals surface area contributed by atoms with E-state index in [4.69, 9.17) is 27.9 Å². The molecule has 126 valence electrons. The van der Waals surface area contributed by atoms with Crippen molar-refractivity contribution in [1.82, 2.24) is 4.90 Å². The fourth-order valence-corrected chi connectivity index (χ4v) is 2.76. The molecule has 2 aromatic rings. The molecule has 2 aromatic carbocycles. The van der Waals surface area contributed by atoms with Crippen LogP contribution in [0.1, 0.15) is 22.8 Å². The number of carbonyl (C=O) groups is 2. The van der Waals surface area contributed by atoms with Crippen LogP contribution in [0.3, 0.4) is 0 Å². The summed E-state index contributed by atoms with van der Waals surface area (Å²) in [5, 5.41) is 0.370. The Morgan fingerprint density at radius 1 is 1.04 bits per heavy atom. The Morgan fingerprint density at radius 2 is 1.62 bits per heavy atom. The molecule has 1 amide bonds. The van der Waals surface area contributed by atoms with Crippen molar-refractivity contribution < 1.29 is 14.3 Å². The molecule has 1 atom stereocenters. The van der Waals surface area contributed by atoms with Crippen molar-refractivity contribution in [2.24, 2.45) is 0 Å². The molecule has 0 aliphatic heterocycles. The molecule has 0 saturated carbocycles. The second-order valence-corrected chi connectivity index (χ2v) is 6.14. The molecule has 2 rings (SSSR count). The average Bonchev–Trinajstić information content (AvgIpc) is 2.54. The van der Waals surface area contributed by atoms with Crippen LogP contribution in [0.4, 0.5) is 0 Å². The van der Waals surface area contributed by atoms with Gasteiger partial charge in [-0.15, -0.1) is 0 Å². The van der Waals surface area contributed by atoms with E-state index in [1.807, 2.05) is 30.3 Å². The number of ether oxygens (including phenoxy) is 1. The van der Waals surface area contributed by atoms with Gasteiger partial charge in [-0.3, -0.25) is 4.79 Å². The molecule has 24 heavy (non-hydrogen) atoms. The smallest absolute Gasteiger partial charge is 0.341 e. The Hall–Kier alpha value is -2.04. The minimum absolute atomic E-state index is 0.0613. The number of nitrogens with zero attached hydrogens (tertiary/aromatic N) is 1. The lowest BCUT2D eigenvalue weighted by Crippen LogP contribution is -2.37. The van der Waals surface area contributed by atoms with Gasteiger partial charge in [0.2, 0.25) is 0 Å². The molecular weight excluding hydrogens is 349 g/mol. The number of hydrogen-bond donors (Lipinski definition) is 0. The summed E-state index contributed by atoms with van der Waals surface area (Å²) in [6, 6.07) is 14.3. The van der Waals surface area contributed by atoms with Crippen molar-refractivity contribution in [2.75, 3.05) is 7.05 Å². The van der Waals surface area contributed by atoms with Gasteiger partial charge in [0.1, 0.15) is 0 Å². The molecular formula is C18H17Cl2NO3. The molecule has 0 aliphatic rings. The van der Waals surface area contributed by atoms with Crippen LogP contribution in [0, 0.1) is 0 Å². The van der Waals surface area contributed by atoms with E-state index in [1.165, 1.54) is 24.0 Å². The summed E-state index contributed by atoms with van der Waals surface area (Å²) in [5.41, 5.74) is 1.05. The van der Waals surface area contributed by atoms with Gasteiger partial charge in [0, 0.05) is 13.6 Å². The molecule has 0 fully saturated rings. The second kappa shape index (κ2) is 8.18. The number of benzene rings is 2. The maximum absolute atomic E-state index is 12.4. The lowest BCUT2D eigenvalue weighted by molar-refractivity contribution is -0.139. The van der Waals surface area contributed by atoms with E-state index < -0.39 is 12.1 Å². The molecule has 0 heterocycles. The standard InChI is InChI=1S/C18H17Cl2NO3/c1-12(17(22)21(2)11-13-7-4-3-5-8-13)24-18(23)16-14(19)9-6-10-15(16)20/h3-10,12H,11H2,1-2H3. The Balaban J connectivity index is 2.02. The number of likely N-dealkylation sites (N-methyl/N-ethyl adjacent to an activating group) is 1. The fraction of sp³-hybridized carbons (Fsp3) is 0.222. The monoisotopic (exact) mass is 365 g/mol. The van der Waals surface area contributed by atoms with Crippen molar-refractivity contribution in [3.8, 4) is 0 Å². The molecule has 0 aliphatic carbocycles. The summed E-state index contributed by atoms with van der Waals surface area (Å²) in [6.07, 6.45) is -0.946. The Morgan fingerprint density at radius 3 is 2.21 bits per heavy atom. The molecule has 0 aromatic heterocycles. The summed E-state index contributed by atoms with van der Waals surface area (Å²) >= 11 is 12.0. The number of amides is 1. The highest BCUT2D eigenvalue weighted by atomic mass is 35.5. The predicted molar refractivity (Wildman–Crippen MR) is 94.3 cm³/mol. The lowest BCUT2D eigenvalue weighted by Gasteiger charge is -2.22. The van der Waals surface area contributed by atoms with E-state index in [2.05, 4.69) is 0 Å². The predicted octanol–water partition coefficient (Wildman–Crippen LogP) is 4.20. The van der Waals surface area contributed by atoms with E-state index in [-0.39, 0.29) is 21.5 Å². The van der Waals surface area contributed by atoms with E-state index in [0.717, 1.165) is 5.56 Å². The first-order valence-electron chi connectivity index (χ1n) is 7.34. The van der Waals surface area contributed by atoms with Gasteiger partial charge < -0.3 is 9.64 Å². The average molecular weight is 366 g/mol.